The number of methoxy groups -OCH3 is 1. The number of imidazole rings is 1. The second-order valence-corrected chi connectivity index (χ2v) is 6.19. The molecule has 1 aliphatic rings. The number of nitrogens with zero attached hydrogens (tertiary/aromatic N) is 2. The van der Waals surface area contributed by atoms with Gasteiger partial charge in [-0.25, -0.2) is 4.98 Å². The van der Waals surface area contributed by atoms with Gasteiger partial charge in [-0.05, 0) is 19.1 Å². The van der Waals surface area contributed by atoms with Gasteiger partial charge in [0.1, 0.15) is 11.6 Å². The van der Waals surface area contributed by atoms with E-state index in [2.05, 4.69) is 28.8 Å². The number of thioether (sulfide) groups is 1. The van der Waals surface area contributed by atoms with Crippen molar-refractivity contribution in [3.63, 3.8) is 0 Å². The topological polar surface area (TPSA) is 50.3 Å². The summed E-state index contributed by atoms with van der Waals surface area (Å²) in [7, 11) is 1.74. The molecule has 1 atom stereocenters. The molecular formula is C16H19N3OS. The number of H-pyrrole nitrogens is 1. The second kappa shape index (κ2) is 5.93. The molecule has 2 heterocycles. The Morgan fingerprint density at radius 2 is 2.19 bits per heavy atom. The van der Waals surface area contributed by atoms with Crippen LogP contribution in [-0.4, -0.2) is 28.7 Å². The molecule has 1 aromatic heterocycles. The molecular weight excluding hydrogens is 282 g/mol. The second-order valence-electron chi connectivity index (χ2n) is 5.23. The fourth-order valence-electron chi connectivity index (χ4n) is 2.62. The lowest BCUT2D eigenvalue weighted by Crippen LogP contribution is -2.17. The highest BCUT2D eigenvalue weighted by atomic mass is 32.2. The number of rotatable bonds is 3. The first-order valence-electron chi connectivity index (χ1n) is 7.05. The predicted octanol–water partition coefficient (Wildman–Crippen LogP) is 3.76. The summed E-state index contributed by atoms with van der Waals surface area (Å²) in [6.45, 7) is 5.02. The minimum Gasteiger partial charge on any atom is -0.500 e. The number of dihydropyridines is 1. The van der Waals surface area contributed by atoms with Crippen molar-refractivity contribution in [2.75, 3.05) is 13.7 Å². The predicted molar refractivity (Wildman–Crippen MR) is 88.6 cm³/mol. The van der Waals surface area contributed by atoms with Crippen LogP contribution in [-0.2, 0) is 10.5 Å². The third kappa shape index (κ3) is 2.83. The Bertz CT molecular complexity index is 684. The number of ether oxygens (including phenoxy) is 1. The average molecular weight is 301 g/mol. The van der Waals surface area contributed by atoms with E-state index in [0.717, 1.165) is 45.5 Å². The highest BCUT2D eigenvalue weighted by Crippen LogP contribution is 2.28. The number of hydrogen-bond acceptors (Lipinski definition) is 4. The molecule has 0 bridgehead atoms. The Kier molecular flexibility index (Phi) is 4.01. The first kappa shape index (κ1) is 14.2. The number of benzene rings is 1. The summed E-state index contributed by atoms with van der Waals surface area (Å²) in [4.78, 5) is 12.6. The summed E-state index contributed by atoms with van der Waals surface area (Å²) < 4.78 is 5.51. The van der Waals surface area contributed by atoms with Crippen molar-refractivity contribution in [3.8, 4) is 0 Å². The van der Waals surface area contributed by atoms with E-state index in [4.69, 9.17) is 4.74 Å². The molecule has 1 aliphatic heterocycles. The van der Waals surface area contributed by atoms with Gasteiger partial charge in [0, 0.05) is 18.0 Å². The molecule has 0 aliphatic carbocycles. The lowest BCUT2D eigenvalue weighted by atomic mass is 10.0. The molecule has 5 heteroatoms. The minimum absolute atomic E-state index is 0.366. The molecule has 0 saturated heterocycles. The molecule has 1 N–H and O–H groups in total. The zero-order valence-corrected chi connectivity index (χ0v) is 13.3. The van der Waals surface area contributed by atoms with Crippen LogP contribution in [0.1, 0.15) is 19.7 Å². The largest absolute Gasteiger partial charge is 0.500 e. The van der Waals surface area contributed by atoms with E-state index in [9.17, 15) is 0 Å². The Morgan fingerprint density at radius 1 is 1.38 bits per heavy atom. The summed E-state index contributed by atoms with van der Waals surface area (Å²) in [5, 5.41) is 1.06. The van der Waals surface area contributed by atoms with Crippen LogP contribution in [0.4, 0.5) is 0 Å². The van der Waals surface area contributed by atoms with E-state index in [0.29, 0.717) is 5.92 Å². The van der Waals surface area contributed by atoms with Crippen LogP contribution in [0.3, 0.4) is 0 Å². The number of fused-ring (bicyclic) bond motifs is 1. The highest BCUT2D eigenvalue weighted by Gasteiger charge is 2.21. The Morgan fingerprint density at radius 3 is 2.95 bits per heavy atom. The van der Waals surface area contributed by atoms with Gasteiger partial charge >= 0.3 is 0 Å². The Balaban J connectivity index is 1.74. The molecule has 3 rings (SSSR count). The SMILES string of the molecule is COC1=C(C)C(SCc2nc3ccccc3[nH]2)=NCC1C. The third-order valence-electron chi connectivity index (χ3n) is 3.65. The van der Waals surface area contributed by atoms with Crippen LogP contribution < -0.4 is 0 Å². The number of aliphatic imine (C=N–C) groups is 1. The zero-order valence-electron chi connectivity index (χ0n) is 12.5. The van der Waals surface area contributed by atoms with Crippen molar-refractivity contribution < 1.29 is 4.74 Å². The number of para-hydroxylation sites is 2. The molecule has 0 fully saturated rings. The maximum Gasteiger partial charge on any atom is 0.117 e. The standard InChI is InChI=1S/C16H19N3OS/c1-10-8-17-16(11(2)15(10)20-3)21-9-14-18-12-6-4-5-7-13(12)19-14/h4-7,10H,8-9H2,1-3H3,(H,18,19). The van der Waals surface area contributed by atoms with Crippen molar-refractivity contribution in [2.24, 2.45) is 10.9 Å². The van der Waals surface area contributed by atoms with Gasteiger partial charge in [0.2, 0.25) is 0 Å². The first-order valence-corrected chi connectivity index (χ1v) is 8.03. The lowest BCUT2D eigenvalue weighted by molar-refractivity contribution is 0.245. The summed E-state index contributed by atoms with van der Waals surface area (Å²) in [5.74, 6) is 3.19. The zero-order chi connectivity index (χ0) is 14.8. The van der Waals surface area contributed by atoms with Crippen molar-refractivity contribution in [3.05, 3.63) is 41.4 Å². The summed E-state index contributed by atoms with van der Waals surface area (Å²) in [5.41, 5.74) is 3.24. The fraction of sp³-hybridized carbons (Fsp3) is 0.375. The van der Waals surface area contributed by atoms with Gasteiger partial charge in [-0.3, -0.25) is 4.99 Å². The number of aromatic nitrogens is 2. The van der Waals surface area contributed by atoms with Gasteiger partial charge in [-0.15, -0.1) is 0 Å². The Labute approximate surface area is 128 Å². The van der Waals surface area contributed by atoms with Crippen LogP contribution in [0.5, 0.6) is 0 Å². The molecule has 1 unspecified atom stereocenters. The lowest BCUT2D eigenvalue weighted by Gasteiger charge is -2.22. The summed E-state index contributed by atoms with van der Waals surface area (Å²) in [6.07, 6.45) is 0. The van der Waals surface area contributed by atoms with E-state index in [1.54, 1.807) is 18.9 Å². The van der Waals surface area contributed by atoms with Gasteiger partial charge in [0.25, 0.3) is 0 Å². The van der Waals surface area contributed by atoms with Crippen LogP contribution in [0.25, 0.3) is 11.0 Å². The normalized spacial score (nSPS) is 19.0. The molecule has 2 aromatic rings. The van der Waals surface area contributed by atoms with Crippen molar-refractivity contribution in [1.82, 2.24) is 9.97 Å². The number of aromatic amines is 1. The number of hydrogen-bond donors (Lipinski definition) is 1. The number of nitrogens with one attached hydrogen (secondary N) is 1. The van der Waals surface area contributed by atoms with Crippen LogP contribution in [0, 0.1) is 5.92 Å². The van der Waals surface area contributed by atoms with Gasteiger partial charge in [-0.1, -0.05) is 30.8 Å². The smallest absolute Gasteiger partial charge is 0.117 e. The molecule has 0 radical (unpaired) electrons. The molecule has 21 heavy (non-hydrogen) atoms. The van der Waals surface area contributed by atoms with E-state index in [-0.39, 0.29) is 0 Å². The molecule has 0 saturated carbocycles. The third-order valence-corrected chi connectivity index (χ3v) is 4.78. The quantitative estimate of drug-likeness (QED) is 0.939. The maximum absolute atomic E-state index is 5.51. The van der Waals surface area contributed by atoms with Gasteiger partial charge in [0.05, 0.1) is 28.9 Å². The molecule has 4 nitrogen and oxygen atoms in total. The van der Waals surface area contributed by atoms with E-state index in [1.807, 2.05) is 24.3 Å². The maximum atomic E-state index is 5.51. The van der Waals surface area contributed by atoms with Gasteiger partial charge in [0.15, 0.2) is 0 Å². The van der Waals surface area contributed by atoms with Gasteiger partial charge < -0.3 is 9.72 Å². The van der Waals surface area contributed by atoms with Gasteiger partial charge in [-0.2, -0.15) is 0 Å². The molecule has 1 aromatic carbocycles. The van der Waals surface area contributed by atoms with Crippen molar-refractivity contribution in [1.29, 1.82) is 0 Å². The average Bonchev–Trinajstić information content (AvgIpc) is 2.90. The molecule has 0 spiro atoms. The first-order chi connectivity index (χ1) is 10.2. The van der Waals surface area contributed by atoms with Crippen LogP contribution in [0.2, 0.25) is 0 Å². The minimum atomic E-state index is 0.366. The Hall–Kier alpha value is -1.75. The summed E-state index contributed by atoms with van der Waals surface area (Å²) in [6, 6.07) is 8.09. The van der Waals surface area contributed by atoms with Crippen LogP contribution in [0.15, 0.2) is 40.6 Å². The van der Waals surface area contributed by atoms with E-state index < -0.39 is 0 Å². The van der Waals surface area contributed by atoms with E-state index in [1.165, 1.54) is 0 Å². The van der Waals surface area contributed by atoms with Crippen molar-refractivity contribution in [2.45, 2.75) is 19.6 Å². The van der Waals surface area contributed by atoms with Crippen LogP contribution >= 0.6 is 11.8 Å². The fourth-order valence-corrected chi connectivity index (χ4v) is 3.51. The molecule has 110 valence electrons. The highest BCUT2D eigenvalue weighted by molar-refractivity contribution is 8.13. The van der Waals surface area contributed by atoms with Crippen molar-refractivity contribution >= 4 is 27.8 Å². The summed E-state index contributed by atoms with van der Waals surface area (Å²) >= 11 is 1.71. The monoisotopic (exact) mass is 301 g/mol. The molecule has 0 amide bonds. The van der Waals surface area contributed by atoms with E-state index >= 15 is 0 Å².